The number of rotatable bonds is 7. The molecule has 0 atom stereocenters. The highest BCUT2D eigenvalue weighted by Gasteiger charge is 2.27. The number of fused-ring (bicyclic) bond motifs is 7. The summed E-state index contributed by atoms with van der Waals surface area (Å²) in [7, 11) is 0. The molecule has 12 aromatic rings. The van der Waals surface area contributed by atoms with Crippen molar-refractivity contribution in [3.63, 3.8) is 0 Å². The Kier molecular flexibility index (Phi) is 8.17. The molecule has 0 saturated heterocycles. The average molecular weight is 778 g/mol. The van der Waals surface area contributed by atoms with E-state index in [0.29, 0.717) is 0 Å². The minimum Gasteiger partial charge on any atom is -0.309 e. The molecule has 0 unspecified atom stereocenters. The van der Waals surface area contributed by atoms with Crippen molar-refractivity contribution in [1.29, 1.82) is 0 Å². The van der Waals surface area contributed by atoms with Gasteiger partial charge in [0.25, 0.3) is 0 Å². The van der Waals surface area contributed by atoms with Crippen molar-refractivity contribution in [3.05, 3.63) is 237 Å². The van der Waals surface area contributed by atoms with Crippen LogP contribution in [0.2, 0.25) is 0 Å². The first kappa shape index (κ1) is 34.9. The van der Waals surface area contributed by atoms with Crippen molar-refractivity contribution in [2.45, 2.75) is 0 Å². The lowest BCUT2D eigenvalue weighted by Crippen LogP contribution is -2.13. The van der Waals surface area contributed by atoms with E-state index >= 15 is 0 Å². The molecule has 12 rings (SSSR count). The molecule has 3 heteroatoms. The van der Waals surface area contributed by atoms with Gasteiger partial charge in [-0.15, -0.1) is 0 Å². The zero-order valence-corrected chi connectivity index (χ0v) is 33.4. The molecule has 2 heterocycles. The van der Waals surface area contributed by atoms with Crippen LogP contribution < -0.4 is 4.90 Å². The van der Waals surface area contributed by atoms with Gasteiger partial charge in [-0.3, -0.25) is 0 Å². The van der Waals surface area contributed by atoms with E-state index in [4.69, 9.17) is 0 Å². The van der Waals surface area contributed by atoms with Crippen LogP contribution in [0.3, 0.4) is 0 Å². The Labute approximate surface area is 354 Å². The van der Waals surface area contributed by atoms with Crippen LogP contribution in [0.1, 0.15) is 0 Å². The summed E-state index contributed by atoms with van der Waals surface area (Å²) < 4.78 is 4.88. The molecule has 286 valence electrons. The molecule has 0 saturated carbocycles. The maximum absolute atomic E-state index is 2.53. The van der Waals surface area contributed by atoms with Crippen molar-refractivity contribution in [3.8, 4) is 33.6 Å². The average Bonchev–Trinajstić information content (AvgIpc) is 3.86. The van der Waals surface area contributed by atoms with E-state index in [-0.39, 0.29) is 0 Å². The maximum Gasteiger partial charge on any atom is 0.0562 e. The second-order valence-electron chi connectivity index (χ2n) is 15.6. The molecule has 0 fully saturated rings. The number of aromatic nitrogens is 2. The van der Waals surface area contributed by atoms with Gasteiger partial charge < -0.3 is 14.0 Å². The lowest BCUT2D eigenvalue weighted by molar-refractivity contribution is 1.18. The second kappa shape index (κ2) is 14.3. The quantitative estimate of drug-likeness (QED) is 0.157. The third-order valence-electron chi connectivity index (χ3n) is 12.3. The summed E-state index contributed by atoms with van der Waals surface area (Å²) in [5, 5.41) is 7.27. The van der Waals surface area contributed by atoms with Crippen molar-refractivity contribution in [2.75, 3.05) is 4.90 Å². The first-order chi connectivity index (χ1) is 30.3. The molecule has 0 aliphatic rings. The lowest BCUT2D eigenvalue weighted by Gasteiger charge is -2.31. The summed E-state index contributed by atoms with van der Waals surface area (Å²) in [5.74, 6) is 0. The predicted octanol–water partition coefficient (Wildman–Crippen LogP) is 15.8. The molecule has 0 amide bonds. The van der Waals surface area contributed by atoms with Crippen LogP contribution >= 0.6 is 0 Å². The minimum absolute atomic E-state index is 1.09. The molecule has 0 aliphatic heterocycles. The fourth-order valence-corrected chi connectivity index (χ4v) is 9.75. The monoisotopic (exact) mass is 777 g/mol. The molecule has 0 aliphatic carbocycles. The van der Waals surface area contributed by atoms with Crippen molar-refractivity contribution in [1.82, 2.24) is 9.13 Å². The van der Waals surface area contributed by atoms with Crippen LogP contribution in [-0.2, 0) is 0 Å². The van der Waals surface area contributed by atoms with Gasteiger partial charge in [0, 0.05) is 43.9 Å². The van der Waals surface area contributed by atoms with Crippen LogP contribution in [0.4, 0.5) is 17.1 Å². The summed E-state index contributed by atoms with van der Waals surface area (Å²) in [6, 6.07) is 86.1. The Morgan fingerprint density at radius 3 is 1.49 bits per heavy atom. The number of hydrogen-bond donors (Lipinski definition) is 0. The summed E-state index contributed by atoms with van der Waals surface area (Å²) in [5.41, 5.74) is 14.9. The highest BCUT2D eigenvalue weighted by molar-refractivity contribution is 6.18. The predicted molar refractivity (Wildman–Crippen MR) is 258 cm³/mol. The number of para-hydroxylation sites is 6. The van der Waals surface area contributed by atoms with E-state index < -0.39 is 0 Å². The number of nitrogens with zero attached hydrogens (tertiary/aromatic N) is 3. The highest BCUT2D eigenvalue weighted by atomic mass is 15.2. The normalized spacial score (nSPS) is 11.6. The van der Waals surface area contributed by atoms with Gasteiger partial charge in [0.05, 0.1) is 44.8 Å². The SMILES string of the molecule is c1ccc(-c2ccccc2N(c2ccccc2-c2c(-n3c4ccccc4c4ccccc43)ccc3ccccc23)c2cccc3c2c2ccccc2n3-c2ccccc2)cc1. The molecule has 2 aromatic heterocycles. The summed E-state index contributed by atoms with van der Waals surface area (Å²) in [6.07, 6.45) is 0. The van der Waals surface area contributed by atoms with Gasteiger partial charge in [0.15, 0.2) is 0 Å². The van der Waals surface area contributed by atoms with Crippen LogP contribution in [-0.4, -0.2) is 9.13 Å². The third-order valence-corrected chi connectivity index (χ3v) is 12.3. The molecule has 0 N–H and O–H groups in total. The first-order valence-corrected chi connectivity index (χ1v) is 21.0. The molecule has 3 nitrogen and oxygen atoms in total. The Hall–Kier alpha value is -8.14. The smallest absolute Gasteiger partial charge is 0.0562 e. The third kappa shape index (κ3) is 5.52. The molecular weight excluding hydrogens is 739 g/mol. The zero-order valence-electron chi connectivity index (χ0n) is 33.4. The number of benzene rings is 10. The van der Waals surface area contributed by atoms with E-state index in [1.807, 2.05) is 0 Å². The van der Waals surface area contributed by atoms with Gasteiger partial charge in [-0.1, -0.05) is 176 Å². The molecular formula is C58H39N3. The van der Waals surface area contributed by atoms with E-state index in [2.05, 4.69) is 251 Å². The Balaban J connectivity index is 1.22. The molecule has 0 radical (unpaired) electrons. The number of hydrogen-bond acceptors (Lipinski definition) is 1. The summed E-state index contributed by atoms with van der Waals surface area (Å²) >= 11 is 0. The summed E-state index contributed by atoms with van der Waals surface area (Å²) in [6.45, 7) is 0. The standard InChI is InChI=1S/C58H39N3/c1-3-20-40(21-4-1)43-25-9-14-31-49(43)60(55-37-19-36-54-58(55)48-30-13-17-34-52(48)59(54)42-23-5-2-6-24-42)53-35-18-12-29-47(53)57-44-26-8-7-22-41(44)38-39-56(57)61-50-32-15-10-27-45(50)46-28-11-16-33-51(46)61/h1-39H. The Morgan fingerprint density at radius 1 is 0.295 bits per heavy atom. The fourth-order valence-electron chi connectivity index (χ4n) is 9.75. The first-order valence-electron chi connectivity index (χ1n) is 21.0. The van der Waals surface area contributed by atoms with E-state index in [1.165, 1.54) is 54.4 Å². The van der Waals surface area contributed by atoms with Gasteiger partial charge in [-0.2, -0.15) is 0 Å². The fraction of sp³-hybridized carbons (Fsp3) is 0. The van der Waals surface area contributed by atoms with E-state index in [1.54, 1.807) is 0 Å². The van der Waals surface area contributed by atoms with E-state index in [0.717, 1.165) is 50.6 Å². The second-order valence-corrected chi connectivity index (χ2v) is 15.6. The van der Waals surface area contributed by atoms with Crippen molar-refractivity contribution in [2.24, 2.45) is 0 Å². The lowest BCUT2D eigenvalue weighted by atomic mass is 9.93. The van der Waals surface area contributed by atoms with Gasteiger partial charge in [0.1, 0.15) is 0 Å². The maximum atomic E-state index is 2.53. The Bertz CT molecular complexity index is 3540. The van der Waals surface area contributed by atoms with Crippen LogP contribution in [0, 0.1) is 0 Å². The van der Waals surface area contributed by atoms with Crippen LogP contribution in [0.5, 0.6) is 0 Å². The summed E-state index contributed by atoms with van der Waals surface area (Å²) in [4.78, 5) is 2.53. The van der Waals surface area contributed by atoms with Crippen molar-refractivity contribution >= 4 is 71.4 Å². The van der Waals surface area contributed by atoms with Gasteiger partial charge in [0.2, 0.25) is 0 Å². The topological polar surface area (TPSA) is 13.1 Å². The Morgan fingerprint density at radius 2 is 0.787 bits per heavy atom. The van der Waals surface area contributed by atoms with Gasteiger partial charge >= 0.3 is 0 Å². The van der Waals surface area contributed by atoms with Crippen LogP contribution in [0.25, 0.3) is 88.0 Å². The van der Waals surface area contributed by atoms with Crippen molar-refractivity contribution < 1.29 is 0 Å². The van der Waals surface area contributed by atoms with Gasteiger partial charge in [-0.25, -0.2) is 0 Å². The highest BCUT2D eigenvalue weighted by Crippen LogP contribution is 2.51. The van der Waals surface area contributed by atoms with E-state index in [9.17, 15) is 0 Å². The largest absolute Gasteiger partial charge is 0.309 e. The molecule has 0 spiro atoms. The molecule has 0 bridgehead atoms. The van der Waals surface area contributed by atoms with Crippen LogP contribution in [0.15, 0.2) is 237 Å². The minimum atomic E-state index is 1.09. The van der Waals surface area contributed by atoms with Gasteiger partial charge in [-0.05, 0) is 77.0 Å². The number of anilines is 3. The molecule has 61 heavy (non-hydrogen) atoms. The molecule has 10 aromatic carbocycles. The zero-order chi connectivity index (χ0) is 40.3.